The van der Waals surface area contributed by atoms with E-state index in [1.807, 2.05) is 24.3 Å². The van der Waals surface area contributed by atoms with Crippen LogP contribution in [0.2, 0.25) is 0 Å². The van der Waals surface area contributed by atoms with Crippen molar-refractivity contribution in [2.24, 2.45) is 0 Å². The summed E-state index contributed by atoms with van der Waals surface area (Å²) in [4.78, 5) is 15.9. The zero-order valence-corrected chi connectivity index (χ0v) is 11.3. The second-order valence-corrected chi connectivity index (χ2v) is 4.96. The molecular formula is C16H17N3O. The van der Waals surface area contributed by atoms with E-state index in [0.717, 1.165) is 29.9 Å². The number of carbonyl (C=O) groups is 1. The first-order valence-electron chi connectivity index (χ1n) is 6.86. The third-order valence-electron chi connectivity index (χ3n) is 3.54. The van der Waals surface area contributed by atoms with Crippen LogP contribution in [0.1, 0.15) is 18.7 Å². The lowest BCUT2D eigenvalue weighted by molar-refractivity contribution is -0.111. The van der Waals surface area contributed by atoms with Gasteiger partial charge in [0.2, 0.25) is 5.91 Å². The fourth-order valence-electron chi connectivity index (χ4n) is 2.47. The van der Waals surface area contributed by atoms with Crippen LogP contribution in [0.3, 0.4) is 0 Å². The molecule has 1 aromatic carbocycles. The normalized spacial score (nSPS) is 13.6. The van der Waals surface area contributed by atoms with Gasteiger partial charge in [-0.05, 0) is 31.1 Å². The molecule has 4 heteroatoms. The molecule has 1 N–H and O–H groups in total. The Hall–Kier alpha value is -2.36. The van der Waals surface area contributed by atoms with Crippen molar-refractivity contribution in [1.29, 1.82) is 0 Å². The maximum absolute atomic E-state index is 11.2. The van der Waals surface area contributed by atoms with E-state index in [2.05, 4.69) is 27.6 Å². The number of rotatable bonds is 3. The Morgan fingerprint density at radius 1 is 1.30 bits per heavy atom. The molecule has 0 unspecified atom stereocenters. The Balaban J connectivity index is 1.82. The monoisotopic (exact) mass is 267 g/mol. The lowest BCUT2D eigenvalue weighted by atomic mass is 10.1. The quantitative estimate of drug-likeness (QED) is 0.869. The van der Waals surface area contributed by atoms with Gasteiger partial charge in [-0.25, -0.2) is 4.98 Å². The number of benzene rings is 1. The Labute approximate surface area is 118 Å². The number of fused-ring (bicyclic) bond motifs is 1. The summed E-state index contributed by atoms with van der Waals surface area (Å²) in [5.74, 6) is 0.977. The van der Waals surface area contributed by atoms with Crippen molar-refractivity contribution in [3.8, 4) is 11.3 Å². The van der Waals surface area contributed by atoms with E-state index in [0.29, 0.717) is 0 Å². The summed E-state index contributed by atoms with van der Waals surface area (Å²) in [6, 6.07) is 7.73. The average Bonchev–Trinajstić information content (AvgIpc) is 2.91. The molecule has 0 atom stereocenters. The zero-order chi connectivity index (χ0) is 13.9. The van der Waals surface area contributed by atoms with Crippen molar-refractivity contribution >= 4 is 11.6 Å². The van der Waals surface area contributed by atoms with Crippen LogP contribution >= 0.6 is 0 Å². The molecule has 3 rings (SSSR count). The summed E-state index contributed by atoms with van der Waals surface area (Å²) in [7, 11) is 0. The molecular weight excluding hydrogens is 250 g/mol. The van der Waals surface area contributed by atoms with E-state index in [1.165, 1.54) is 24.7 Å². The highest BCUT2D eigenvalue weighted by Gasteiger charge is 2.13. The lowest BCUT2D eigenvalue weighted by Crippen LogP contribution is -2.08. The van der Waals surface area contributed by atoms with Gasteiger partial charge in [0, 0.05) is 30.4 Å². The number of aromatic nitrogens is 2. The molecule has 0 aliphatic carbocycles. The first-order chi connectivity index (χ1) is 9.76. The Morgan fingerprint density at radius 3 is 2.80 bits per heavy atom. The van der Waals surface area contributed by atoms with Crippen LogP contribution in [0, 0.1) is 0 Å². The summed E-state index contributed by atoms with van der Waals surface area (Å²) < 4.78 is 2.24. The number of nitrogens with zero attached hydrogens (tertiary/aromatic N) is 2. The van der Waals surface area contributed by atoms with Gasteiger partial charge in [0.05, 0.1) is 5.69 Å². The summed E-state index contributed by atoms with van der Waals surface area (Å²) in [5.41, 5.74) is 2.84. The van der Waals surface area contributed by atoms with Crippen LogP contribution in [-0.4, -0.2) is 15.5 Å². The molecule has 1 aromatic heterocycles. The molecule has 0 spiro atoms. The Morgan fingerprint density at radius 2 is 2.10 bits per heavy atom. The molecule has 0 bridgehead atoms. The van der Waals surface area contributed by atoms with Gasteiger partial charge in [0.25, 0.3) is 0 Å². The fraction of sp³-hybridized carbons (Fsp3) is 0.250. The largest absolute Gasteiger partial charge is 0.334 e. The molecule has 102 valence electrons. The van der Waals surface area contributed by atoms with E-state index in [1.54, 1.807) is 0 Å². The second kappa shape index (κ2) is 5.33. The summed E-state index contributed by atoms with van der Waals surface area (Å²) in [6.45, 7) is 4.50. The molecule has 20 heavy (non-hydrogen) atoms. The highest BCUT2D eigenvalue weighted by Crippen LogP contribution is 2.23. The predicted octanol–water partition coefficient (Wildman–Crippen LogP) is 3.01. The first kappa shape index (κ1) is 12.7. The number of anilines is 1. The van der Waals surface area contributed by atoms with E-state index >= 15 is 0 Å². The Kier molecular flexibility index (Phi) is 3.37. The summed E-state index contributed by atoms with van der Waals surface area (Å²) in [6.07, 6.45) is 6.90. The molecule has 1 amide bonds. The van der Waals surface area contributed by atoms with E-state index in [4.69, 9.17) is 0 Å². The first-order valence-corrected chi connectivity index (χ1v) is 6.86. The van der Waals surface area contributed by atoms with Crippen LogP contribution < -0.4 is 5.32 Å². The molecule has 1 aliphatic rings. The van der Waals surface area contributed by atoms with Crippen molar-refractivity contribution in [3.05, 3.63) is 48.9 Å². The minimum absolute atomic E-state index is 0.199. The van der Waals surface area contributed by atoms with Gasteiger partial charge in [-0.2, -0.15) is 0 Å². The summed E-state index contributed by atoms with van der Waals surface area (Å²) in [5, 5.41) is 2.74. The second-order valence-electron chi connectivity index (χ2n) is 4.96. The van der Waals surface area contributed by atoms with Crippen LogP contribution in [0.15, 0.2) is 43.1 Å². The van der Waals surface area contributed by atoms with Gasteiger partial charge in [-0.1, -0.05) is 18.7 Å². The average molecular weight is 267 g/mol. The molecule has 2 aromatic rings. The molecule has 0 saturated heterocycles. The number of hydrogen-bond acceptors (Lipinski definition) is 2. The van der Waals surface area contributed by atoms with Gasteiger partial charge >= 0.3 is 0 Å². The maximum Gasteiger partial charge on any atom is 0.247 e. The number of aryl methyl sites for hydroxylation is 2. The Bertz CT molecular complexity index is 617. The molecule has 0 saturated carbocycles. The summed E-state index contributed by atoms with van der Waals surface area (Å²) >= 11 is 0. The lowest BCUT2D eigenvalue weighted by Gasteiger charge is -2.11. The third kappa shape index (κ3) is 2.50. The van der Waals surface area contributed by atoms with Crippen molar-refractivity contribution in [2.45, 2.75) is 25.8 Å². The SMILES string of the molecule is C=CC(=O)Nc1ccc(-c2cn3c(n2)CCCC3)cc1. The minimum Gasteiger partial charge on any atom is -0.334 e. The van der Waals surface area contributed by atoms with Gasteiger partial charge in [0.15, 0.2) is 0 Å². The van der Waals surface area contributed by atoms with Crippen molar-refractivity contribution in [2.75, 3.05) is 5.32 Å². The topological polar surface area (TPSA) is 46.9 Å². The molecule has 0 radical (unpaired) electrons. The number of nitrogens with one attached hydrogen (secondary N) is 1. The predicted molar refractivity (Wildman–Crippen MR) is 79.4 cm³/mol. The molecule has 2 heterocycles. The number of hydrogen-bond donors (Lipinski definition) is 1. The van der Waals surface area contributed by atoms with Crippen LogP contribution in [0.4, 0.5) is 5.69 Å². The van der Waals surface area contributed by atoms with Crippen LogP contribution in [0.25, 0.3) is 11.3 Å². The number of amides is 1. The highest BCUT2D eigenvalue weighted by atomic mass is 16.1. The van der Waals surface area contributed by atoms with Crippen molar-refractivity contribution < 1.29 is 4.79 Å². The van der Waals surface area contributed by atoms with Crippen molar-refractivity contribution in [1.82, 2.24) is 9.55 Å². The molecule has 0 fully saturated rings. The zero-order valence-electron chi connectivity index (χ0n) is 11.3. The van der Waals surface area contributed by atoms with Crippen LogP contribution in [0.5, 0.6) is 0 Å². The van der Waals surface area contributed by atoms with E-state index in [9.17, 15) is 4.79 Å². The van der Waals surface area contributed by atoms with Gasteiger partial charge in [0.1, 0.15) is 5.82 Å². The molecule has 1 aliphatic heterocycles. The van der Waals surface area contributed by atoms with E-state index in [-0.39, 0.29) is 5.91 Å². The van der Waals surface area contributed by atoms with Gasteiger partial charge < -0.3 is 9.88 Å². The minimum atomic E-state index is -0.199. The molecule has 4 nitrogen and oxygen atoms in total. The van der Waals surface area contributed by atoms with Gasteiger partial charge in [-0.15, -0.1) is 0 Å². The maximum atomic E-state index is 11.2. The van der Waals surface area contributed by atoms with Gasteiger partial charge in [-0.3, -0.25) is 4.79 Å². The fourth-order valence-corrected chi connectivity index (χ4v) is 2.47. The number of carbonyl (C=O) groups excluding carboxylic acids is 1. The van der Waals surface area contributed by atoms with Crippen molar-refractivity contribution in [3.63, 3.8) is 0 Å². The standard InChI is InChI=1S/C16H17N3O/c1-2-16(20)17-13-8-6-12(7-9-13)14-11-19-10-4-3-5-15(19)18-14/h2,6-9,11H,1,3-5,10H2,(H,17,20). The smallest absolute Gasteiger partial charge is 0.247 e. The highest BCUT2D eigenvalue weighted by molar-refractivity contribution is 5.98. The van der Waals surface area contributed by atoms with E-state index < -0.39 is 0 Å². The third-order valence-corrected chi connectivity index (χ3v) is 3.54. The van der Waals surface area contributed by atoms with Crippen LogP contribution in [-0.2, 0) is 17.8 Å². The number of imidazole rings is 1.